The first-order chi connectivity index (χ1) is 15.0. The number of aromatic hydroxyl groups is 1. The monoisotopic (exact) mass is 439 g/mol. The molecule has 1 unspecified atom stereocenters. The van der Waals surface area contributed by atoms with E-state index >= 15 is 0 Å². The van der Waals surface area contributed by atoms with Crippen molar-refractivity contribution in [3.63, 3.8) is 0 Å². The first-order valence-electron chi connectivity index (χ1n) is 10.5. The molecule has 2 aromatic carbocycles. The summed E-state index contributed by atoms with van der Waals surface area (Å²) in [6, 6.07) is 9.09. The van der Waals surface area contributed by atoms with Gasteiger partial charge in [-0.05, 0) is 54.3 Å². The Balaban J connectivity index is 1.67. The Bertz CT molecular complexity index is 1120. The Morgan fingerprint density at radius 1 is 1.10 bits per heavy atom. The second-order valence-corrected chi connectivity index (χ2v) is 8.68. The smallest absolute Gasteiger partial charge is 0.295 e. The number of aliphatic hydroxyl groups is 1. The first kappa shape index (κ1) is 19.9. The molecular weight excluding hydrogens is 418 g/mol. The molecule has 2 N–H and O–H groups in total. The van der Waals surface area contributed by atoms with Gasteiger partial charge in [0.25, 0.3) is 11.7 Å². The Morgan fingerprint density at radius 3 is 2.61 bits per heavy atom. The average molecular weight is 440 g/mol. The Labute approximate surface area is 184 Å². The average Bonchev–Trinajstić information content (AvgIpc) is 3.50. The highest BCUT2D eigenvalue weighted by molar-refractivity contribution is 6.46. The van der Waals surface area contributed by atoms with Crippen LogP contribution in [0.1, 0.15) is 48.4 Å². The normalized spacial score (nSPS) is 22.7. The number of benzene rings is 2. The summed E-state index contributed by atoms with van der Waals surface area (Å²) < 4.78 is 5.53. The molecule has 0 bridgehead atoms. The van der Waals surface area contributed by atoms with Gasteiger partial charge in [0.1, 0.15) is 17.3 Å². The number of ether oxygens (including phenoxy) is 1. The highest BCUT2D eigenvalue weighted by Crippen LogP contribution is 2.45. The van der Waals surface area contributed by atoms with Gasteiger partial charge < -0.3 is 19.8 Å². The van der Waals surface area contributed by atoms with Crippen LogP contribution < -0.4 is 4.74 Å². The van der Waals surface area contributed by atoms with Crippen molar-refractivity contribution >= 4 is 29.1 Å². The van der Waals surface area contributed by atoms with Crippen molar-refractivity contribution in [3.8, 4) is 11.5 Å². The van der Waals surface area contributed by atoms with Crippen LogP contribution in [0, 0.1) is 0 Å². The topological polar surface area (TPSA) is 87.1 Å². The summed E-state index contributed by atoms with van der Waals surface area (Å²) in [7, 11) is 0. The Kier molecular flexibility index (Phi) is 4.89. The molecule has 2 fully saturated rings. The number of likely N-dealkylation sites (tertiary alicyclic amines) is 1. The van der Waals surface area contributed by atoms with E-state index in [-0.39, 0.29) is 28.1 Å². The molecule has 7 heteroatoms. The number of fused-ring (bicyclic) bond motifs is 1. The fraction of sp³-hybridized carbons (Fsp3) is 0.333. The lowest BCUT2D eigenvalue weighted by molar-refractivity contribution is -0.141. The van der Waals surface area contributed by atoms with Gasteiger partial charge in [-0.3, -0.25) is 9.59 Å². The molecule has 0 spiro atoms. The minimum Gasteiger partial charge on any atom is -0.507 e. The lowest BCUT2D eigenvalue weighted by atomic mass is 9.94. The molecule has 31 heavy (non-hydrogen) atoms. The zero-order chi connectivity index (χ0) is 21.7. The SMILES string of the molecule is O=C1C(=O)N(C2CCCC2)C(c2ccc(O)c(Cl)c2)/C1=C(/O)c1ccc2c(c1)CCO2. The Morgan fingerprint density at radius 2 is 1.87 bits per heavy atom. The zero-order valence-electron chi connectivity index (χ0n) is 16.8. The second-order valence-electron chi connectivity index (χ2n) is 8.28. The highest BCUT2D eigenvalue weighted by atomic mass is 35.5. The molecule has 1 saturated carbocycles. The molecule has 1 atom stereocenters. The van der Waals surface area contributed by atoms with E-state index in [0.29, 0.717) is 17.7 Å². The number of nitrogens with zero attached hydrogens (tertiary/aromatic N) is 1. The van der Waals surface area contributed by atoms with Crippen LogP contribution in [0.3, 0.4) is 0 Å². The number of Topliss-reactive ketones (excluding diaryl/α,β-unsaturated/α-hetero) is 1. The molecule has 3 aliphatic rings. The zero-order valence-corrected chi connectivity index (χ0v) is 17.6. The fourth-order valence-corrected chi connectivity index (χ4v) is 5.11. The molecule has 1 aliphatic carbocycles. The summed E-state index contributed by atoms with van der Waals surface area (Å²) in [6.45, 7) is 0.581. The molecular formula is C24H22ClNO5. The van der Waals surface area contributed by atoms with Gasteiger partial charge in [0.2, 0.25) is 0 Å². The molecule has 6 nitrogen and oxygen atoms in total. The number of phenols is 1. The lowest BCUT2D eigenvalue weighted by Gasteiger charge is -2.31. The van der Waals surface area contributed by atoms with Gasteiger partial charge in [-0.15, -0.1) is 0 Å². The quantitative estimate of drug-likeness (QED) is 0.422. The maximum atomic E-state index is 13.1. The van der Waals surface area contributed by atoms with Gasteiger partial charge >= 0.3 is 0 Å². The molecule has 160 valence electrons. The maximum Gasteiger partial charge on any atom is 0.295 e. The van der Waals surface area contributed by atoms with Gasteiger partial charge in [0.15, 0.2) is 0 Å². The number of rotatable bonds is 3. The van der Waals surface area contributed by atoms with E-state index in [2.05, 4.69) is 0 Å². The van der Waals surface area contributed by atoms with E-state index in [1.165, 1.54) is 6.07 Å². The van der Waals surface area contributed by atoms with Gasteiger partial charge in [-0.2, -0.15) is 0 Å². The van der Waals surface area contributed by atoms with Gasteiger partial charge in [-0.1, -0.05) is 30.5 Å². The van der Waals surface area contributed by atoms with Crippen molar-refractivity contribution in [2.24, 2.45) is 0 Å². The first-order valence-corrected chi connectivity index (χ1v) is 10.9. The minimum absolute atomic E-state index is 0.0533. The number of aliphatic hydroxyl groups excluding tert-OH is 1. The van der Waals surface area contributed by atoms with Crippen molar-refractivity contribution in [2.45, 2.75) is 44.2 Å². The predicted octanol–water partition coefficient (Wildman–Crippen LogP) is 4.34. The van der Waals surface area contributed by atoms with E-state index in [1.54, 1.807) is 29.2 Å². The molecule has 2 aliphatic heterocycles. The number of hydrogen-bond donors (Lipinski definition) is 2. The largest absolute Gasteiger partial charge is 0.507 e. The maximum absolute atomic E-state index is 13.1. The number of carbonyl (C=O) groups is 2. The van der Waals surface area contributed by atoms with Crippen LogP contribution in [-0.2, 0) is 16.0 Å². The fourth-order valence-electron chi connectivity index (χ4n) is 4.92. The standard InChI is InChI=1S/C24H22ClNO5/c25-17-12-14(5-7-18(17)27)21-20(23(29)24(30)26(21)16-3-1-2-4-16)22(28)15-6-8-19-13(11-15)9-10-31-19/h5-8,11-12,16,21,27-28H,1-4,9-10H2/b22-20-. The van der Waals surface area contributed by atoms with Crippen LogP contribution >= 0.6 is 11.6 Å². The summed E-state index contributed by atoms with van der Waals surface area (Å²) in [4.78, 5) is 27.8. The summed E-state index contributed by atoms with van der Waals surface area (Å²) in [6.07, 6.45) is 4.32. The van der Waals surface area contributed by atoms with Crippen LogP contribution in [-0.4, -0.2) is 39.5 Å². The summed E-state index contributed by atoms with van der Waals surface area (Å²) in [5, 5.41) is 21.2. The lowest BCUT2D eigenvalue weighted by Crippen LogP contribution is -2.37. The van der Waals surface area contributed by atoms with E-state index in [1.807, 2.05) is 6.07 Å². The molecule has 0 aromatic heterocycles. The highest BCUT2D eigenvalue weighted by Gasteiger charge is 2.49. The van der Waals surface area contributed by atoms with Crippen molar-refractivity contribution in [1.29, 1.82) is 0 Å². The third-order valence-corrected chi connectivity index (χ3v) is 6.75. The molecule has 1 amide bonds. The number of halogens is 1. The van der Waals surface area contributed by atoms with E-state index in [0.717, 1.165) is 43.4 Å². The van der Waals surface area contributed by atoms with Crippen LogP contribution in [0.2, 0.25) is 5.02 Å². The van der Waals surface area contributed by atoms with Gasteiger partial charge in [0, 0.05) is 18.0 Å². The van der Waals surface area contributed by atoms with Gasteiger partial charge in [-0.25, -0.2) is 0 Å². The van der Waals surface area contributed by atoms with E-state index in [9.17, 15) is 19.8 Å². The van der Waals surface area contributed by atoms with Crippen molar-refractivity contribution in [1.82, 2.24) is 4.90 Å². The molecule has 2 heterocycles. The van der Waals surface area contributed by atoms with Crippen LogP contribution in [0.5, 0.6) is 11.5 Å². The van der Waals surface area contributed by atoms with Crippen LogP contribution in [0.15, 0.2) is 42.0 Å². The third-order valence-electron chi connectivity index (χ3n) is 6.45. The predicted molar refractivity (Wildman–Crippen MR) is 115 cm³/mol. The van der Waals surface area contributed by atoms with Crippen molar-refractivity contribution < 1.29 is 24.5 Å². The number of carbonyl (C=O) groups excluding carboxylic acids is 2. The van der Waals surface area contributed by atoms with Gasteiger partial charge in [0.05, 0.1) is 23.2 Å². The minimum atomic E-state index is -0.759. The van der Waals surface area contributed by atoms with Crippen LogP contribution in [0.4, 0.5) is 0 Å². The Hall–Kier alpha value is -2.99. The molecule has 0 radical (unpaired) electrons. The van der Waals surface area contributed by atoms with E-state index < -0.39 is 17.7 Å². The summed E-state index contributed by atoms with van der Waals surface area (Å²) >= 11 is 6.15. The molecule has 1 saturated heterocycles. The number of hydrogen-bond acceptors (Lipinski definition) is 5. The van der Waals surface area contributed by atoms with Crippen molar-refractivity contribution in [3.05, 3.63) is 63.7 Å². The van der Waals surface area contributed by atoms with Crippen molar-refractivity contribution in [2.75, 3.05) is 6.61 Å². The number of amides is 1. The molecule has 5 rings (SSSR count). The summed E-state index contributed by atoms with van der Waals surface area (Å²) in [5.41, 5.74) is 2.07. The van der Waals surface area contributed by atoms with E-state index in [4.69, 9.17) is 16.3 Å². The number of ketones is 1. The second kappa shape index (κ2) is 7.61. The third kappa shape index (κ3) is 3.26. The number of phenolic OH excluding ortho intramolecular Hbond substituents is 1. The summed E-state index contributed by atoms with van der Waals surface area (Å²) in [5.74, 6) is -0.822. The molecule has 2 aromatic rings. The van der Waals surface area contributed by atoms with Crippen LogP contribution in [0.25, 0.3) is 5.76 Å².